The number of nitrogens with zero attached hydrogens (tertiary/aromatic N) is 5. The monoisotopic (exact) mass is 249 g/mol. The number of aliphatic hydroxyl groups excluding tert-OH is 1. The van der Waals surface area contributed by atoms with Crippen LogP contribution in [0.2, 0.25) is 0 Å². The Morgan fingerprint density at radius 2 is 2.11 bits per heavy atom. The van der Waals surface area contributed by atoms with Crippen molar-refractivity contribution in [3.05, 3.63) is 29.6 Å². The third-order valence-corrected chi connectivity index (χ3v) is 2.95. The number of hydrogen-bond donors (Lipinski definition) is 1. The summed E-state index contributed by atoms with van der Waals surface area (Å²) < 4.78 is 3.64. The highest BCUT2D eigenvalue weighted by atomic mass is 16.3. The van der Waals surface area contributed by atoms with Gasteiger partial charge in [0.1, 0.15) is 18.7 Å². The maximum Gasteiger partial charge on any atom is 0.148 e. The van der Waals surface area contributed by atoms with Crippen LogP contribution in [0.15, 0.2) is 12.4 Å². The molecule has 0 fully saturated rings. The normalized spacial score (nSPS) is 12.9. The summed E-state index contributed by atoms with van der Waals surface area (Å²) in [6, 6.07) is 2.03. The fourth-order valence-corrected chi connectivity index (χ4v) is 1.86. The molecule has 0 bridgehead atoms. The van der Waals surface area contributed by atoms with Gasteiger partial charge >= 0.3 is 0 Å². The van der Waals surface area contributed by atoms with Gasteiger partial charge in [-0.2, -0.15) is 10.2 Å². The van der Waals surface area contributed by atoms with Crippen LogP contribution in [0, 0.1) is 13.8 Å². The van der Waals surface area contributed by atoms with E-state index in [1.54, 1.807) is 4.68 Å². The second-order valence-corrected chi connectivity index (χ2v) is 4.51. The number of hydrogen-bond acceptors (Lipinski definition) is 4. The van der Waals surface area contributed by atoms with Crippen molar-refractivity contribution in [2.45, 2.75) is 46.4 Å². The molecule has 2 aromatic rings. The third kappa shape index (κ3) is 2.76. The van der Waals surface area contributed by atoms with Gasteiger partial charge in [0.25, 0.3) is 0 Å². The van der Waals surface area contributed by atoms with Gasteiger partial charge in [-0.1, -0.05) is 6.92 Å². The van der Waals surface area contributed by atoms with Crippen molar-refractivity contribution in [1.29, 1.82) is 0 Å². The topological polar surface area (TPSA) is 68.8 Å². The lowest BCUT2D eigenvalue weighted by Gasteiger charge is -2.10. The summed E-state index contributed by atoms with van der Waals surface area (Å²) >= 11 is 0. The van der Waals surface area contributed by atoms with Crippen LogP contribution in [0.25, 0.3) is 0 Å². The molecule has 6 nitrogen and oxygen atoms in total. The highest BCUT2D eigenvalue weighted by molar-refractivity contribution is 5.07. The van der Waals surface area contributed by atoms with Gasteiger partial charge in [0.05, 0.1) is 18.3 Å². The molecule has 18 heavy (non-hydrogen) atoms. The van der Waals surface area contributed by atoms with Gasteiger partial charge in [0.15, 0.2) is 0 Å². The molecule has 0 aromatic carbocycles. The maximum absolute atomic E-state index is 9.67. The average Bonchev–Trinajstić information content (AvgIpc) is 2.87. The summed E-state index contributed by atoms with van der Waals surface area (Å²) in [5.41, 5.74) is 2.09. The Morgan fingerprint density at radius 1 is 1.33 bits per heavy atom. The molecule has 2 aromatic heterocycles. The molecular weight excluding hydrogens is 230 g/mol. The van der Waals surface area contributed by atoms with E-state index in [0.717, 1.165) is 17.2 Å². The van der Waals surface area contributed by atoms with Crippen LogP contribution in [0.1, 0.15) is 30.6 Å². The molecule has 2 rings (SSSR count). The Hall–Kier alpha value is -1.69. The first-order valence-electron chi connectivity index (χ1n) is 6.16. The molecular formula is C12H19N5O. The standard InChI is InChI=1S/C12H19N5O/c1-4-11(18)6-17-12(13-8-14-17)7-16-10(3)5-9(2)15-16/h5,8,11,18H,4,6-7H2,1-3H3/t11-/m1/s1. The molecule has 6 heteroatoms. The smallest absolute Gasteiger partial charge is 0.148 e. The van der Waals surface area contributed by atoms with Crippen LogP contribution in [-0.2, 0) is 13.1 Å². The summed E-state index contributed by atoms with van der Waals surface area (Å²) in [5, 5.41) is 18.2. The lowest BCUT2D eigenvalue weighted by molar-refractivity contribution is 0.143. The van der Waals surface area contributed by atoms with E-state index in [0.29, 0.717) is 19.5 Å². The molecule has 1 atom stereocenters. The first-order chi connectivity index (χ1) is 8.60. The van der Waals surface area contributed by atoms with Crippen LogP contribution in [-0.4, -0.2) is 35.8 Å². The zero-order valence-corrected chi connectivity index (χ0v) is 11.0. The van der Waals surface area contributed by atoms with Crippen molar-refractivity contribution in [2.24, 2.45) is 0 Å². The molecule has 0 aliphatic carbocycles. The van der Waals surface area contributed by atoms with Gasteiger partial charge in [0, 0.05) is 5.69 Å². The molecule has 0 aliphatic heterocycles. The number of aromatic nitrogens is 5. The first-order valence-corrected chi connectivity index (χ1v) is 6.16. The molecule has 2 heterocycles. The molecule has 0 unspecified atom stereocenters. The SMILES string of the molecule is CC[C@@H](O)Cn1ncnc1Cn1nc(C)cc1C. The van der Waals surface area contributed by atoms with Crippen LogP contribution in [0.3, 0.4) is 0 Å². The van der Waals surface area contributed by atoms with Gasteiger partial charge in [-0.3, -0.25) is 4.68 Å². The number of rotatable bonds is 5. The van der Waals surface area contributed by atoms with Gasteiger partial charge < -0.3 is 5.11 Å². The van der Waals surface area contributed by atoms with E-state index < -0.39 is 0 Å². The number of aliphatic hydroxyl groups is 1. The minimum Gasteiger partial charge on any atom is -0.391 e. The van der Waals surface area contributed by atoms with Crippen molar-refractivity contribution in [3.63, 3.8) is 0 Å². The van der Waals surface area contributed by atoms with E-state index in [-0.39, 0.29) is 6.10 Å². The summed E-state index contributed by atoms with van der Waals surface area (Å²) in [5.74, 6) is 0.814. The lowest BCUT2D eigenvalue weighted by atomic mass is 10.3. The molecule has 98 valence electrons. The van der Waals surface area contributed by atoms with E-state index in [1.807, 2.05) is 31.5 Å². The van der Waals surface area contributed by atoms with Gasteiger partial charge in [-0.15, -0.1) is 0 Å². The Bertz CT molecular complexity index is 516. The quantitative estimate of drug-likeness (QED) is 0.855. The summed E-state index contributed by atoms with van der Waals surface area (Å²) in [6.45, 7) is 6.99. The Labute approximate surface area is 106 Å². The fourth-order valence-electron chi connectivity index (χ4n) is 1.86. The molecule has 0 saturated heterocycles. The van der Waals surface area contributed by atoms with Gasteiger partial charge in [-0.05, 0) is 26.3 Å². The molecule has 1 N–H and O–H groups in total. The van der Waals surface area contributed by atoms with Gasteiger partial charge in [0.2, 0.25) is 0 Å². The average molecular weight is 249 g/mol. The van der Waals surface area contributed by atoms with E-state index in [2.05, 4.69) is 15.2 Å². The summed E-state index contributed by atoms with van der Waals surface area (Å²) in [6.07, 6.45) is 1.84. The minimum atomic E-state index is -0.383. The predicted octanol–water partition coefficient (Wildman–Crippen LogP) is 0.911. The highest BCUT2D eigenvalue weighted by Crippen LogP contribution is 2.06. The van der Waals surface area contributed by atoms with Gasteiger partial charge in [-0.25, -0.2) is 9.67 Å². The van der Waals surface area contributed by atoms with Crippen molar-refractivity contribution in [3.8, 4) is 0 Å². The number of aryl methyl sites for hydroxylation is 2. The van der Waals surface area contributed by atoms with Crippen LogP contribution >= 0.6 is 0 Å². The Morgan fingerprint density at radius 3 is 2.72 bits per heavy atom. The van der Waals surface area contributed by atoms with Crippen molar-refractivity contribution in [1.82, 2.24) is 24.5 Å². The minimum absolute atomic E-state index is 0.383. The Kier molecular flexibility index (Phi) is 3.76. The van der Waals surface area contributed by atoms with E-state index in [4.69, 9.17) is 0 Å². The molecule has 0 radical (unpaired) electrons. The van der Waals surface area contributed by atoms with E-state index in [1.165, 1.54) is 6.33 Å². The zero-order chi connectivity index (χ0) is 13.1. The predicted molar refractivity (Wildman–Crippen MR) is 67.1 cm³/mol. The molecule has 0 spiro atoms. The first kappa shape index (κ1) is 12.8. The van der Waals surface area contributed by atoms with E-state index in [9.17, 15) is 5.11 Å². The molecule has 0 saturated carbocycles. The highest BCUT2D eigenvalue weighted by Gasteiger charge is 2.11. The lowest BCUT2D eigenvalue weighted by Crippen LogP contribution is -2.19. The third-order valence-electron chi connectivity index (χ3n) is 2.95. The van der Waals surface area contributed by atoms with Crippen LogP contribution in [0.4, 0.5) is 0 Å². The largest absolute Gasteiger partial charge is 0.391 e. The summed E-state index contributed by atoms with van der Waals surface area (Å²) in [4.78, 5) is 4.23. The zero-order valence-electron chi connectivity index (χ0n) is 11.0. The Balaban J connectivity index is 2.14. The van der Waals surface area contributed by atoms with Crippen molar-refractivity contribution in [2.75, 3.05) is 0 Å². The van der Waals surface area contributed by atoms with Crippen LogP contribution in [0.5, 0.6) is 0 Å². The molecule has 0 amide bonds. The van der Waals surface area contributed by atoms with Crippen LogP contribution < -0.4 is 0 Å². The van der Waals surface area contributed by atoms with Crippen molar-refractivity contribution >= 4 is 0 Å². The van der Waals surface area contributed by atoms with E-state index >= 15 is 0 Å². The molecule has 0 aliphatic rings. The fraction of sp³-hybridized carbons (Fsp3) is 0.583. The summed E-state index contributed by atoms with van der Waals surface area (Å²) in [7, 11) is 0. The maximum atomic E-state index is 9.67. The second kappa shape index (κ2) is 5.30. The van der Waals surface area contributed by atoms with Crippen molar-refractivity contribution < 1.29 is 5.11 Å². The second-order valence-electron chi connectivity index (χ2n) is 4.51.